The third kappa shape index (κ3) is 3.78. The average Bonchev–Trinajstić information content (AvgIpc) is 3.16. The van der Waals surface area contributed by atoms with Gasteiger partial charge < -0.3 is 10.6 Å². The lowest BCUT2D eigenvalue weighted by Crippen LogP contribution is -2.22. The number of rotatable bonds is 5. The Balaban J connectivity index is 2.02. The number of hydrogen-bond acceptors (Lipinski definition) is 4. The van der Waals surface area contributed by atoms with Crippen molar-refractivity contribution in [1.29, 1.82) is 0 Å². The van der Waals surface area contributed by atoms with E-state index in [2.05, 4.69) is 20.7 Å². The molecule has 0 aliphatic heterocycles. The van der Waals surface area contributed by atoms with Gasteiger partial charge in [0.1, 0.15) is 5.69 Å². The minimum Gasteiger partial charge on any atom is -0.354 e. The quantitative estimate of drug-likeness (QED) is 0.715. The zero-order valence-corrected chi connectivity index (χ0v) is 16.4. The van der Waals surface area contributed by atoms with Crippen LogP contribution in [0.3, 0.4) is 0 Å². The fourth-order valence-corrected chi connectivity index (χ4v) is 3.03. The topological polar surface area (TPSA) is 88.9 Å². The van der Waals surface area contributed by atoms with Crippen LogP contribution >= 0.6 is 0 Å². The Morgan fingerprint density at radius 1 is 1.07 bits per heavy atom. The summed E-state index contributed by atoms with van der Waals surface area (Å²) in [6, 6.07) is 12.8. The molecule has 0 bridgehead atoms. The Morgan fingerprint density at radius 2 is 1.79 bits per heavy atom. The maximum Gasteiger partial charge on any atom is 0.274 e. The number of amides is 2. The van der Waals surface area contributed by atoms with E-state index in [0.29, 0.717) is 11.4 Å². The van der Waals surface area contributed by atoms with Gasteiger partial charge in [-0.3, -0.25) is 19.3 Å². The molecule has 1 atom stereocenters. The van der Waals surface area contributed by atoms with Gasteiger partial charge >= 0.3 is 0 Å². The molecule has 0 aliphatic rings. The Kier molecular flexibility index (Phi) is 5.54. The fourth-order valence-electron chi connectivity index (χ4n) is 3.03. The molecule has 0 saturated carbocycles. The summed E-state index contributed by atoms with van der Waals surface area (Å²) in [5, 5.41) is 9.86. The number of anilines is 1. The SMILES string of the molecule is CNC(=O)c1cc(C(=O)Nc2c(C)ccnc2C)n(C(C)c2ccccc2)n1. The number of carbonyl (C=O) groups excluding carboxylic acids is 2. The smallest absolute Gasteiger partial charge is 0.274 e. The van der Waals surface area contributed by atoms with Crippen LogP contribution in [0.15, 0.2) is 48.7 Å². The minimum absolute atomic E-state index is 0.190. The number of aromatic nitrogens is 3. The van der Waals surface area contributed by atoms with Gasteiger partial charge in [0.25, 0.3) is 11.8 Å². The molecule has 0 saturated heterocycles. The van der Waals surface area contributed by atoms with Gasteiger partial charge in [-0.25, -0.2) is 0 Å². The molecule has 7 nitrogen and oxygen atoms in total. The van der Waals surface area contributed by atoms with Crippen molar-refractivity contribution in [3.63, 3.8) is 0 Å². The van der Waals surface area contributed by atoms with Gasteiger partial charge in [0, 0.05) is 19.3 Å². The second kappa shape index (κ2) is 8.04. The molecule has 0 radical (unpaired) electrons. The zero-order chi connectivity index (χ0) is 20.3. The summed E-state index contributed by atoms with van der Waals surface area (Å²) in [6.07, 6.45) is 1.70. The predicted molar refractivity (Wildman–Crippen MR) is 108 cm³/mol. The number of aryl methyl sites for hydroxylation is 2. The molecule has 2 aromatic heterocycles. The Morgan fingerprint density at radius 3 is 2.43 bits per heavy atom. The predicted octanol–water partition coefficient (Wildman–Crippen LogP) is 3.12. The molecule has 3 rings (SSSR count). The van der Waals surface area contributed by atoms with Crippen molar-refractivity contribution >= 4 is 17.5 Å². The Hall–Kier alpha value is -3.48. The van der Waals surface area contributed by atoms with E-state index in [1.165, 1.54) is 13.1 Å². The summed E-state index contributed by atoms with van der Waals surface area (Å²) in [7, 11) is 1.53. The monoisotopic (exact) mass is 377 g/mol. The second-order valence-corrected chi connectivity index (χ2v) is 6.57. The summed E-state index contributed by atoms with van der Waals surface area (Å²) >= 11 is 0. The van der Waals surface area contributed by atoms with Gasteiger partial charge in [0.05, 0.1) is 17.4 Å². The molecule has 1 unspecified atom stereocenters. The van der Waals surface area contributed by atoms with Crippen LogP contribution in [0.4, 0.5) is 5.69 Å². The largest absolute Gasteiger partial charge is 0.354 e. The highest BCUT2D eigenvalue weighted by molar-refractivity contribution is 6.05. The standard InChI is InChI=1S/C21H23N5O2/c1-13-10-11-23-14(2)19(13)24-21(28)18-12-17(20(27)22-4)25-26(18)15(3)16-8-6-5-7-9-16/h5-12,15H,1-4H3,(H,22,27)(H,24,28). The minimum atomic E-state index is -0.346. The molecule has 2 amide bonds. The Labute approximate surface area is 163 Å². The van der Waals surface area contributed by atoms with Gasteiger partial charge in [-0.1, -0.05) is 30.3 Å². The summed E-state index contributed by atoms with van der Waals surface area (Å²) < 4.78 is 1.58. The van der Waals surface area contributed by atoms with Crippen LogP contribution in [0.25, 0.3) is 0 Å². The fraction of sp³-hybridized carbons (Fsp3) is 0.238. The van der Waals surface area contributed by atoms with E-state index in [4.69, 9.17) is 0 Å². The van der Waals surface area contributed by atoms with Crippen molar-refractivity contribution in [2.75, 3.05) is 12.4 Å². The molecule has 2 heterocycles. The van der Waals surface area contributed by atoms with Crippen molar-refractivity contribution in [3.8, 4) is 0 Å². The molecule has 7 heteroatoms. The number of nitrogens with zero attached hydrogens (tertiary/aromatic N) is 3. The summed E-state index contributed by atoms with van der Waals surface area (Å²) in [5.74, 6) is -0.688. The molecule has 2 N–H and O–H groups in total. The highest BCUT2D eigenvalue weighted by atomic mass is 16.2. The molecule has 0 aliphatic carbocycles. The van der Waals surface area contributed by atoms with Crippen LogP contribution in [0, 0.1) is 13.8 Å². The lowest BCUT2D eigenvalue weighted by atomic mass is 10.1. The van der Waals surface area contributed by atoms with Crippen molar-refractivity contribution < 1.29 is 9.59 Å². The molecule has 1 aromatic carbocycles. The van der Waals surface area contributed by atoms with E-state index in [1.807, 2.05) is 57.2 Å². The first kappa shape index (κ1) is 19.3. The highest BCUT2D eigenvalue weighted by Gasteiger charge is 2.23. The Bertz CT molecular complexity index is 991. The van der Waals surface area contributed by atoms with Crippen molar-refractivity contribution in [2.24, 2.45) is 0 Å². The first-order valence-corrected chi connectivity index (χ1v) is 9.02. The maximum absolute atomic E-state index is 13.1. The van der Waals surface area contributed by atoms with E-state index in [1.54, 1.807) is 10.9 Å². The van der Waals surface area contributed by atoms with Gasteiger partial charge in [-0.2, -0.15) is 5.10 Å². The maximum atomic E-state index is 13.1. The second-order valence-electron chi connectivity index (χ2n) is 6.57. The van der Waals surface area contributed by atoms with Gasteiger partial charge in [0.15, 0.2) is 5.69 Å². The number of hydrogen-bond donors (Lipinski definition) is 2. The number of nitrogens with one attached hydrogen (secondary N) is 2. The van der Waals surface area contributed by atoms with E-state index >= 15 is 0 Å². The highest BCUT2D eigenvalue weighted by Crippen LogP contribution is 2.23. The number of carbonyl (C=O) groups is 2. The third-order valence-corrected chi connectivity index (χ3v) is 4.66. The molecule has 0 fully saturated rings. The zero-order valence-electron chi connectivity index (χ0n) is 16.4. The number of pyridine rings is 1. The van der Waals surface area contributed by atoms with Crippen LogP contribution in [0.2, 0.25) is 0 Å². The molecular weight excluding hydrogens is 354 g/mol. The molecule has 28 heavy (non-hydrogen) atoms. The summed E-state index contributed by atoms with van der Waals surface area (Å²) in [6.45, 7) is 5.68. The lowest BCUT2D eigenvalue weighted by molar-refractivity contribution is 0.0956. The van der Waals surface area contributed by atoms with Crippen molar-refractivity contribution in [2.45, 2.75) is 26.8 Å². The van der Waals surface area contributed by atoms with E-state index in [9.17, 15) is 9.59 Å². The first-order valence-electron chi connectivity index (χ1n) is 9.02. The first-order chi connectivity index (χ1) is 13.4. The van der Waals surface area contributed by atoms with E-state index in [-0.39, 0.29) is 23.6 Å². The molecular formula is C21H23N5O2. The van der Waals surface area contributed by atoms with Crippen LogP contribution in [-0.2, 0) is 0 Å². The van der Waals surface area contributed by atoms with Crippen LogP contribution in [-0.4, -0.2) is 33.6 Å². The lowest BCUT2D eigenvalue weighted by Gasteiger charge is -2.17. The van der Waals surface area contributed by atoms with Crippen LogP contribution < -0.4 is 10.6 Å². The van der Waals surface area contributed by atoms with Gasteiger partial charge in [0.2, 0.25) is 0 Å². The average molecular weight is 377 g/mol. The van der Waals surface area contributed by atoms with Gasteiger partial charge in [-0.15, -0.1) is 0 Å². The van der Waals surface area contributed by atoms with E-state index in [0.717, 1.165) is 16.8 Å². The summed E-state index contributed by atoms with van der Waals surface area (Å²) in [5.41, 5.74) is 3.77. The molecule has 3 aromatic rings. The van der Waals surface area contributed by atoms with Gasteiger partial charge in [-0.05, 0) is 38.0 Å². The normalized spacial score (nSPS) is 11.7. The number of benzene rings is 1. The molecule has 0 spiro atoms. The van der Waals surface area contributed by atoms with Crippen LogP contribution in [0.5, 0.6) is 0 Å². The van der Waals surface area contributed by atoms with E-state index < -0.39 is 0 Å². The van der Waals surface area contributed by atoms with Crippen LogP contribution in [0.1, 0.15) is 50.8 Å². The van der Waals surface area contributed by atoms with Crippen molar-refractivity contribution in [1.82, 2.24) is 20.1 Å². The third-order valence-electron chi connectivity index (χ3n) is 4.66. The summed E-state index contributed by atoms with van der Waals surface area (Å²) in [4.78, 5) is 29.4. The van der Waals surface area contributed by atoms with Crippen molar-refractivity contribution in [3.05, 3.63) is 76.9 Å². The molecule has 144 valence electrons.